The molecule has 0 unspecified atom stereocenters. The van der Waals surface area contributed by atoms with Crippen LogP contribution in [0.1, 0.15) is 44.5 Å². The van der Waals surface area contributed by atoms with Crippen LogP contribution in [-0.2, 0) is 7.67 Å². The van der Waals surface area contributed by atoms with E-state index >= 15 is 0 Å². The average molecular weight is 524 g/mol. The molecule has 174 valence electrons. The summed E-state index contributed by atoms with van der Waals surface area (Å²) in [5.41, 5.74) is 9.36. The van der Waals surface area contributed by atoms with Gasteiger partial charge in [0.15, 0.2) is 0 Å². The van der Waals surface area contributed by atoms with E-state index in [1.807, 2.05) is 125 Å². The first-order valence-corrected chi connectivity index (χ1v) is 14.9. The van der Waals surface area contributed by atoms with Crippen LogP contribution in [0.3, 0.4) is 0 Å². The van der Waals surface area contributed by atoms with Crippen LogP contribution in [0.5, 0.6) is 0 Å². The second kappa shape index (κ2) is 8.92. The van der Waals surface area contributed by atoms with Gasteiger partial charge in [0.05, 0.1) is 0 Å². The number of allylic oxidation sites excluding steroid dienone is 2. The third-order valence-electron chi connectivity index (χ3n) is 6.55. The van der Waals surface area contributed by atoms with E-state index in [1.54, 1.807) is 0 Å². The second-order valence-corrected chi connectivity index (χ2v) is 13.2. The Hall–Kier alpha value is -3.52. The van der Waals surface area contributed by atoms with E-state index in [1.165, 1.54) is 0 Å². The molecule has 0 atom stereocenters. The van der Waals surface area contributed by atoms with Crippen molar-refractivity contribution in [1.82, 2.24) is 0 Å². The number of benzene rings is 4. The van der Waals surface area contributed by atoms with E-state index in [9.17, 15) is 7.67 Å². The minimum atomic E-state index is -4.81. The van der Waals surface area contributed by atoms with E-state index in [2.05, 4.69) is 0 Å². The number of hydrogen-bond donors (Lipinski definition) is 0. The van der Waals surface area contributed by atoms with E-state index in [0.29, 0.717) is 8.94 Å². The first-order chi connectivity index (χ1) is 16.8. The molecule has 0 aromatic heterocycles. The van der Waals surface area contributed by atoms with Gasteiger partial charge in [-0.25, -0.2) is 0 Å². The van der Waals surface area contributed by atoms with Gasteiger partial charge in [-0.3, -0.25) is 0 Å². The predicted octanol–water partition coefficient (Wildman–Crippen LogP) is 7.84. The van der Waals surface area contributed by atoms with Gasteiger partial charge in [0.2, 0.25) is 0 Å². The molecule has 0 N–H and O–H groups in total. The first-order valence-electron chi connectivity index (χ1n) is 11.8. The number of aryl methyl sites for hydroxylation is 4. The fourth-order valence-electron chi connectivity index (χ4n) is 4.60. The van der Waals surface area contributed by atoms with Crippen molar-refractivity contribution < 1.29 is 7.67 Å². The Kier molecular flexibility index (Phi) is 5.92. The third kappa shape index (κ3) is 4.23. The van der Waals surface area contributed by atoms with Gasteiger partial charge in [0, 0.05) is 0 Å². The molecule has 5 rings (SSSR count). The zero-order chi connectivity index (χ0) is 24.7. The fraction of sp³-hybridized carbons (Fsp3) is 0.125. The van der Waals surface area contributed by atoms with Crippen LogP contribution in [0, 0.1) is 27.7 Å². The first kappa shape index (κ1) is 23.2. The molecule has 2 nitrogen and oxygen atoms in total. The van der Waals surface area contributed by atoms with Gasteiger partial charge in [-0.1, -0.05) is 0 Å². The molecular weight excluding hydrogens is 495 g/mol. The summed E-state index contributed by atoms with van der Waals surface area (Å²) in [5, 5.41) is 0. The molecule has 0 aliphatic carbocycles. The Balaban J connectivity index is 1.92. The standard InChI is InChI=1S/C32H28O2Se/c1-21-5-13-25(14-6-21)29-30(26-15-7-22(2)8-16-26)32(28-19-11-24(4)12-20-28)35(33,34)31(29)27-17-9-23(3)10-18-27/h5-20H,1-4H3. The van der Waals surface area contributed by atoms with Gasteiger partial charge >= 0.3 is 210 Å². The Morgan fingerprint density at radius 3 is 0.857 bits per heavy atom. The van der Waals surface area contributed by atoms with Crippen LogP contribution in [0.25, 0.3) is 20.1 Å². The Morgan fingerprint density at radius 2 is 0.600 bits per heavy atom. The number of rotatable bonds is 4. The van der Waals surface area contributed by atoms with Gasteiger partial charge in [0.1, 0.15) is 0 Å². The van der Waals surface area contributed by atoms with Crippen molar-refractivity contribution in [3.05, 3.63) is 142 Å². The van der Waals surface area contributed by atoms with Gasteiger partial charge in [-0.05, 0) is 0 Å². The van der Waals surface area contributed by atoms with Crippen LogP contribution in [0.2, 0.25) is 0 Å². The molecule has 4 aromatic rings. The Morgan fingerprint density at radius 1 is 0.371 bits per heavy atom. The molecule has 35 heavy (non-hydrogen) atoms. The van der Waals surface area contributed by atoms with Crippen molar-refractivity contribution in [2.45, 2.75) is 27.7 Å². The maximum absolute atomic E-state index is 14.5. The van der Waals surface area contributed by atoms with Crippen molar-refractivity contribution in [3.63, 3.8) is 0 Å². The molecule has 4 aromatic carbocycles. The predicted molar refractivity (Wildman–Crippen MR) is 145 cm³/mol. The third-order valence-corrected chi connectivity index (χ3v) is 10.7. The van der Waals surface area contributed by atoms with Gasteiger partial charge in [0.25, 0.3) is 0 Å². The molecule has 0 fully saturated rings. The van der Waals surface area contributed by atoms with Crippen molar-refractivity contribution in [2.24, 2.45) is 0 Å². The molecule has 1 aliphatic rings. The van der Waals surface area contributed by atoms with Crippen molar-refractivity contribution in [3.8, 4) is 0 Å². The normalized spacial score (nSPS) is 15.1. The van der Waals surface area contributed by atoms with Crippen LogP contribution >= 0.6 is 0 Å². The van der Waals surface area contributed by atoms with Gasteiger partial charge in [-0.2, -0.15) is 0 Å². The zero-order valence-corrected chi connectivity index (χ0v) is 22.2. The summed E-state index contributed by atoms with van der Waals surface area (Å²) < 4.78 is 29.9. The van der Waals surface area contributed by atoms with Crippen LogP contribution in [-0.4, -0.2) is 12.7 Å². The SMILES string of the molecule is Cc1ccc(C2=C(c3ccc(C)cc3)[Se](=O)(=O)C(c3ccc(C)cc3)=C2c2ccc(C)cc2)cc1. The summed E-state index contributed by atoms with van der Waals surface area (Å²) in [6.45, 7) is 8.12. The number of hydrogen-bond acceptors (Lipinski definition) is 2. The van der Waals surface area contributed by atoms with Gasteiger partial charge < -0.3 is 0 Å². The Bertz CT molecular complexity index is 1450. The Labute approximate surface area is 209 Å². The molecule has 0 amide bonds. The molecule has 0 radical (unpaired) electrons. The molecule has 0 bridgehead atoms. The fourth-order valence-corrected chi connectivity index (χ4v) is 8.95. The summed E-state index contributed by atoms with van der Waals surface area (Å²) in [6, 6.07) is 32.0. The summed E-state index contributed by atoms with van der Waals surface area (Å²) in [5.74, 6) is 0. The van der Waals surface area contributed by atoms with E-state index in [-0.39, 0.29) is 0 Å². The molecule has 0 saturated heterocycles. The summed E-state index contributed by atoms with van der Waals surface area (Å²) in [6.07, 6.45) is 0. The average Bonchev–Trinajstić information content (AvgIpc) is 3.08. The molecule has 3 heteroatoms. The van der Waals surface area contributed by atoms with E-state index in [0.717, 1.165) is 55.7 Å². The van der Waals surface area contributed by atoms with Gasteiger partial charge in [-0.15, -0.1) is 0 Å². The molecule has 0 spiro atoms. The molecule has 0 saturated carbocycles. The maximum atomic E-state index is 14.5. The molecular formula is C32H28O2Se. The van der Waals surface area contributed by atoms with Crippen molar-refractivity contribution >= 4 is 32.8 Å². The van der Waals surface area contributed by atoms with Crippen molar-refractivity contribution in [1.29, 1.82) is 0 Å². The van der Waals surface area contributed by atoms with E-state index < -0.39 is 12.7 Å². The summed E-state index contributed by atoms with van der Waals surface area (Å²) >= 11 is -4.81. The van der Waals surface area contributed by atoms with Crippen LogP contribution in [0.15, 0.2) is 97.1 Å². The van der Waals surface area contributed by atoms with Crippen LogP contribution in [0.4, 0.5) is 0 Å². The topological polar surface area (TPSA) is 34.1 Å². The summed E-state index contributed by atoms with van der Waals surface area (Å²) in [4.78, 5) is 0. The minimum absolute atomic E-state index is 0.441. The van der Waals surface area contributed by atoms with Crippen molar-refractivity contribution in [2.75, 3.05) is 0 Å². The monoisotopic (exact) mass is 524 g/mol. The zero-order valence-electron chi connectivity index (χ0n) is 20.5. The molecule has 1 aliphatic heterocycles. The quantitative estimate of drug-likeness (QED) is 0.256. The van der Waals surface area contributed by atoms with Crippen LogP contribution < -0.4 is 0 Å². The molecule has 1 heterocycles. The summed E-state index contributed by atoms with van der Waals surface area (Å²) in [7, 11) is 0. The van der Waals surface area contributed by atoms with E-state index in [4.69, 9.17) is 0 Å². The second-order valence-electron chi connectivity index (χ2n) is 9.38.